The molecule has 0 spiro atoms. The highest BCUT2D eigenvalue weighted by molar-refractivity contribution is 7.21. The third-order valence-electron chi connectivity index (χ3n) is 3.92. The van der Waals surface area contributed by atoms with Crippen molar-refractivity contribution in [1.29, 1.82) is 0 Å². The summed E-state index contributed by atoms with van der Waals surface area (Å²) in [5.74, 6) is 0.892. The Morgan fingerprint density at radius 1 is 1.15 bits per heavy atom. The van der Waals surface area contributed by atoms with Gasteiger partial charge in [0.15, 0.2) is 0 Å². The maximum atomic E-state index is 12.4. The van der Waals surface area contributed by atoms with Crippen molar-refractivity contribution in [3.63, 3.8) is 0 Å². The molecule has 0 saturated heterocycles. The van der Waals surface area contributed by atoms with Crippen LogP contribution in [0.3, 0.4) is 0 Å². The van der Waals surface area contributed by atoms with Gasteiger partial charge in [-0.1, -0.05) is 6.07 Å². The zero-order valence-corrected chi connectivity index (χ0v) is 15.4. The van der Waals surface area contributed by atoms with Crippen LogP contribution in [0.25, 0.3) is 20.8 Å². The van der Waals surface area contributed by atoms with Gasteiger partial charge in [-0.3, -0.25) is 9.78 Å². The van der Waals surface area contributed by atoms with E-state index >= 15 is 0 Å². The Kier molecular flexibility index (Phi) is 6.07. The van der Waals surface area contributed by atoms with Crippen molar-refractivity contribution in [2.24, 2.45) is 0 Å². The summed E-state index contributed by atoms with van der Waals surface area (Å²) < 4.78 is 6.59. The van der Waals surface area contributed by atoms with E-state index in [0.29, 0.717) is 34.9 Å². The molecule has 1 aromatic carbocycles. The van der Waals surface area contributed by atoms with E-state index in [0.717, 1.165) is 24.0 Å². The van der Waals surface area contributed by atoms with E-state index in [1.54, 1.807) is 19.2 Å². The van der Waals surface area contributed by atoms with Crippen LogP contribution in [-0.4, -0.2) is 22.4 Å². The zero-order valence-electron chi connectivity index (χ0n) is 14.6. The van der Waals surface area contributed by atoms with Gasteiger partial charge in [-0.15, -0.1) is 11.3 Å². The van der Waals surface area contributed by atoms with Gasteiger partial charge in [0.1, 0.15) is 16.5 Å². The molecule has 0 unspecified atom stereocenters. The lowest BCUT2D eigenvalue weighted by atomic mass is 10.1. The third-order valence-corrected chi connectivity index (χ3v) is 4.99. The van der Waals surface area contributed by atoms with E-state index < -0.39 is 0 Å². The average Bonchev–Trinajstić information content (AvgIpc) is 2.65. The number of aromatic nitrogens is 2. The molecule has 2 aromatic heterocycles. The van der Waals surface area contributed by atoms with Gasteiger partial charge < -0.3 is 9.53 Å². The van der Waals surface area contributed by atoms with Crippen LogP contribution >= 0.6 is 11.3 Å². The Hall–Kier alpha value is -2.60. The zero-order chi connectivity index (χ0) is 18.4. The highest BCUT2D eigenvalue weighted by atomic mass is 32.1. The topological polar surface area (TPSA) is 69.2 Å². The maximum absolute atomic E-state index is 12.4. The number of nitrogens with zero attached hydrogens (tertiary/aromatic N) is 2. The normalized spacial score (nSPS) is 10.8. The second-order valence-corrected chi connectivity index (χ2v) is 7.09. The Labute approximate surface area is 155 Å². The molecule has 0 N–H and O–H groups in total. The quantitative estimate of drug-likeness (QED) is 0.556. The van der Waals surface area contributed by atoms with E-state index in [-0.39, 0.29) is 11.3 Å². The molecule has 0 aliphatic heterocycles. The molecule has 0 aliphatic carbocycles. The summed E-state index contributed by atoms with van der Waals surface area (Å²) in [6.07, 6.45) is 5.04. The standard InChI is InChI=1S/C20H20N2O3S/c1-14(23)7-3-2-6-12-25-15-9-10-18-16(13-15)19(24)22-20(26-18)17-8-4-5-11-21-17/h4-5,8-11,13H,2-3,6-7,12H2,1H3. The molecule has 2 heterocycles. The number of fused-ring (bicyclic) bond motifs is 1. The summed E-state index contributed by atoms with van der Waals surface area (Å²) in [4.78, 5) is 31.7. The molecular formula is C20H20N2O3S. The smallest absolute Gasteiger partial charge is 0.279 e. The first kappa shape index (κ1) is 18.2. The van der Waals surface area contributed by atoms with Gasteiger partial charge >= 0.3 is 0 Å². The molecule has 0 aliphatic rings. The Bertz CT molecular complexity index is 954. The summed E-state index contributed by atoms with van der Waals surface area (Å²) >= 11 is 1.44. The van der Waals surface area contributed by atoms with Crippen LogP contribution < -0.4 is 10.3 Å². The van der Waals surface area contributed by atoms with Gasteiger partial charge in [0.25, 0.3) is 5.56 Å². The number of carbonyl (C=O) groups excluding carboxylic acids is 1. The first-order valence-electron chi connectivity index (χ1n) is 8.62. The largest absolute Gasteiger partial charge is 0.494 e. The minimum Gasteiger partial charge on any atom is -0.494 e. The molecule has 3 rings (SSSR count). The van der Waals surface area contributed by atoms with E-state index in [4.69, 9.17) is 4.74 Å². The summed E-state index contributed by atoms with van der Waals surface area (Å²) in [5, 5.41) is 1.17. The molecule has 5 nitrogen and oxygen atoms in total. The van der Waals surface area contributed by atoms with Crippen molar-refractivity contribution in [2.75, 3.05) is 6.61 Å². The summed E-state index contributed by atoms with van der Waals surface area (Å²) in [5.41, 5.74) is 0.425. The van der Waals surface area contributed by atoms with Crippen molar-refractivity contribution in [2.45, 2.75) is 32.6 Å². The van der Waals surface area contributed by atoms with Crippen molar-refractivity contribution in [3.8, 4) is 16.5 Å². The van der Waals surface area contributed by atoms with Gasteiger partial charge in [-0.2, -0.15) is 4.98 Å². The average molecular weight is 368 g/mol. The lowest BCUT2D eigenvalue weighted by molar-refractivity contribution is -0.117. The van der Waals surface area contributed by atoms with E-state index in [2.05, 4.69) is 9.97 Å². The fourth-order valence-electron chi connectivity index (χ4n) is 2.58. The molecule has 0 bridgehead atoms. The molecule has 0 saturated carbocycles. The Morgan fingerprint density at radius 2 is 2.04 bits per heavy atom. The van der Waals surface area contributed by atoms with Crippen LogP contribution in [0.5, 0.6) is 5.75 Å². The van der Waals surface area contributed by atoms with Crippen molar-refractivity contribution in [1.82, 2.24) is 9.97 Å². The number of hydrogen-bond donors (Lipinski definition) is 0. The number of pyridine rings is 1. The number of Topliss-reactive ketones (excluding diaryl/α,β-unsaturated/α-hetero) is 1. The minimum absolute atomic E-state index is 0.224. The number of ketones is 1. The predicted molar refractivity (Wildman–Crippen MR) is 104 cm³/mol. The molecule has 0 fully saturated rings. The van der Waals surface area contributed by atoms with Crippen LogP contribution in [-0.2, 0) is 4.79 Å². The van der Waals surface area contributed by atoms with E-state index in [9.17, 15) is 9.59 Å². The van der Waals surface area contributed by atoms with E-state index in [1.165, 1.54) is 11.3 Å². The number of carbonyl (C=O) groups is 1. The number of hydrogen-bond acceptors (Lipinski definition) is 6. The minimum atomic E-state index is -0.272. The number of benzene rings is 1. The second kappa shape index (κ2) is 8.67. The van der Waals surface area contributed by atoms with Crippen molar-refractivity contribution >= 4 is 27.2 Å². The summed E-state index contributed by atoms with van der Waals surface area (Å²) in [6.45, 7) is 2.18. The van der Waals surface area contributed by atoms with Gasteiger partial charge in [-0.05, 0) is 56.5 Å². The lowest BCUT2D eigenvalue weighted by Gasteiger charge is -2.07. The first-order valence-corrected chi connectivity index (χ1v) is 9.44. The Balaban J connectivity index is 1.68. The molecule has 0 radical (unpaired) electrons. The maximum Gasteiger partial charge on any atom is 0.279 e. The molecular weight excluding hydrogens is 348 g/mol. The molecule has 0 atom stereocenters. The van der Waals surface area contributed by atoms with Crippen LogP contribution in [0.4, 0.5) is 0 Å². The fourth-order valence-corrected chi connectivity index (χ4v) is 3.53. The molecule has 6 heteroatoms. The molecule has 134 valence electrons. The highest BCUT2D eigenvalue weighted by Gasteiger charge is 2.09. The first-order chi connectivity index (χ1) is 12.6. The van der Waals surface area contributed by atoms with Crippen molar-refractivity contribution in [3.05, 3.63) is 52.9 Å². The van der Waals surface area contributed by atoms with Crippen LogP contribution in [0.15, 0.2) is 47.4 Å². The second-order valence-electron chi connectivity index (χ2n) is 6.06. The Morgan fingerprint density at radius 3 is 2.81 bits per heavy atom. The van der Waals surface area contributed by atoms with Crippen LogP contribution in [0.2, 0.25) is 0 Å². The monoisotopic (exact) mass is 368 g/mol. The van der Waals surface area contributed by atoms with E-state index in [1.807, 2.05) is 30.3 Å². The SMILES string of the molecule is CC(=O)CCCCCOc1ccc2sc(-c3ccccn3)nc(=O)c2c1. The molecule has 3 aromatic rings. The van der Waals surface area contributed by atoms with Gasteiger partial charge in [0, 0.05) is 17.3 Å². The van der Waals surface area contributed by atoms with Crippen LogP contribution in [0, 0.1) is 0 Å². The van der Waals surface area contributed by atoms with Gasteiger partial charge in [-0.25, -0.2) is 0 Å². The number of rotatable bonds is 8. The molecule has 0 amide bonds. The number of unbranched alkanes of at least 4 members (excludes halogenated alkanes) is 2. The van der Waals surface area contributed by atoms with Crippen molar-refractivity contribution < 1.29 is 9.53 Å². The highest BCUT2D eigenvalue weighted by Crippen LogP contribution is 2.27. The van der Waals surface area contributed by atoms with Gasteiger partial charge in [0.2, 0.25) is 0 Å². The van der Waals surface area contributed by atoms with Gasteiger partial charge in [0.05, 0.1) is 17.7 Å². The summed E-state index contributed by atoms with van der Waals surface area (Å²) in [7, 11) is 0. The molecule has 26 heavy (non-hydrogen) atoms. The van der Waals surface area contributed by atoms with Crippen LogP contribution in [0.1, 0.15) is 32.6 Å². The number of ether oxygens (including phenoxy) is 1. The summed E-state index contributed by atoms with van der Waals surface area (Å²) in [6, 6.07) is 11.1. The predicted octanol–water partition coefficient (Wildman–Crippen LogP) is 4.25. The lowest BCUT2D eigenvalue weighted by Crippen LogP contribution is -2.07. The fraction of sp³-hybridized carbons (Fsp3) is 0.300. The third kappa shape index (κ3) is 4.73.